The molecule has 2 rings (SSSR count). The summed E-state index contributed by atoms with van der Waals surface area (Å²) in [6, 6.07) is 8.13. The highest BCUT2D eigenvalue weighted by molar-refractivity contribution is 7.86. The highest BCUT2D eigenvalue weighted by Crippen LogP contribution is 2.30. The lowest BCUT2D eigenvalue weighted by molar-refractivity contribution is -0.293. The molecule has 0 spiro atoms. The minimum atomic E-state index is -4.97. The molecule has 0 amide bonds. The van der Waals surface area contributed by atoms with Gasteiger partial charge in [0.15, 0.2) is 5.71 Å². The lowest BCUT2D eigenvalue weighted by atomic mass is 9.94. The van der Waals surface area contributed by atoms with Crippen LogP contribution in [0.4, 0.5) is 13.2 Å². The van der Waals surface area contributed by atoms with Gasteiger partial charge < -0.3 is 0 Å². The van der Waals surface area contributed by atoms with E-state index < -0.39 is 33.7 Å². The minimum Gasteiger partial charge on any atom is -0.264 e. The number of alkyl halides is 3. The molecular weight excluding hydrogens is 447 g/mol. The van der Waals surface area contributed by atoms with Crippen LogP contribution in [0.15, 0.2) is 46.4 Å². The van der Waals surface area contributed by atoms with Crippen LogP contribution >= 0.6 is 0 Å². The van der Waals surface area contributed by atoms with E-state index >= 15 is 0 Å². The van der Waals surface area contributed by atoms with Gasteiger partial charge in [0.2, 0.25) is 0 Å². The molecule has 2 unspecified atom stereocenters. The molecular formula is C22H26F3NO5S. The average Bonchev–Trinajstić information content (AvgIpc) is 2.67. The molecule has 32 heavy (non-hydrogen) atoms. The number of nitrogens with zero attached hydrogens (tertiary/aromatic N) is 1. The largest absolute Gasteiger partial charge is 0.437 e. The Kier molecular flexibility index (Phi) is 8.08. The Labute approximate surface area is 185 Å². The van der Waals surface area contributed by atoms with Gasteiger partial charge >= 0.3 is 16.3 Å². The van der Waals surface area contributed by atoms with Crippen molar-refractivity contribution in [1.29, 1.82) is 0 Å². The third-order valence-corrected chi connectivity index (χ3v) is 6.55. The summed E-state index contributed by atoms with van der Waals surface area (Å²) in [5, 5.41) is 12.1. The Morgan fingerprint density at radius 2 is 1.62 bits per heavy atom. The molecule has 0 aliphatic rings. The summed E-state index contributed by atoms with van der Waals surface area (Å²) in [6.45, 7) is 8.54. The third-order valence-electron chi connectivity index (χ3n) is 5.14. The number of rotatable bonds is 8. The van der Waals surface area contributed by atoms with E-state index in [0.717, 1.165) is 17.7 Å². The van der Waals surface area contributed by atoms with E-state index in [1.54, 1.807) is 19.1 Å². The molecule has 6 nitrogen and oxygen atoms in total. The molecule has 0 fully saturated rings. The quantitative estimate of drug-likeness (QED) is 0.295. The molecule has 0 aromatic heterocycles. The summed E-state index contributed by atoms with van der Waals surface area (Å²) in [4.78, 5) is 4.25. The van der Waals surface area contributed by atoms with E-state index in [9.17, 15) is 21.6 Å². The van der Waals surface area contributed by atoms with E-state index in [4.69, 9.17) is 5.26 Å². The average molecular weight is 474 g/mol. The molecule has 176 valence electrons. The molecule has 0 aliphatic heterocycles. The van der Waals surface area contributed by atoms with Gasteiger partial charge in [-0.05, 0) is 43.4 Å². The Bertz CT molecular complexity index is 1060. The molecule has 2 aromatic rings. The van der Waals surface area contributed by atoms with Crippen LogP contribution in [0, 0.1) is 26.7 Å². The Morgan fingerprint density at radius 3 is 2.06 bits per heavy atom. The van der Waals surface area contributed by atoms with Gasteiger partial charge in [-0.3, -0.25) is 9.54 Å². The van der Waals surface area contributed by atoms with Crippen LogP contribution in [-0.2, 0) is 19.3 Å². The number of oxime groups is 1. The topological polar surface area (TPSA) is 85.2 Å². The normalized spacial score (nSPS) is 14.8. The fraction of sp³-hybridized carbons (Fsp3) is 0.409. The van der Waals surface area contributed by atoms with Gasteiger partial charge in [-0.1, -0.05) is 67.4 Å². The number of aryl methyl sites for hydroxylation is 3. The van der Waals surface area contributed by atoms with Crippen molar-refractivity contribution >= 4 is 15.8 Å². The maximum atomic E-state index is 13.6. The second kappa shape index (κ2) is 10.0. The highest BCUT2D eigenvalue weighted by Gasteiger charge is 2.39. The van der Waals surface area contributed by atoms with Crippen molar-refractivity contribution in [2.75, 3.05) is 0 Å². The predicted molar refractivity (Wildman–Crippen MR) is 114 cm³/mol. The van der Waals surface area contributed by atoms with Gasteiger partial charge in [0, 0.05) is 5.56 Å². The Hall–Kier alpha value is -2.43. The van der Waals surface area contributed by atoms with Gasteiger partial charge in [-0.25, -0.2) is 4.89 Å². The summed E-state index contributed by atoms with van der Waals surface area (Å²) in [5.41, 5.74) is 0.0636. The fourth-order valence-electron chi connectivity index (χ4n) is 3.49. The fourth-order valence-corrected chi connectivity index (χ4v) is 4.64. The van der Waals surface area contributed by atoms with Crippen molar-refractivity contribution in [3.8, 4) is 0 Å². The van der Waals surface area contributed by atoms with Crippen molar-refractivity contribution in [3.63, 3.8) is 0 Å². The van der Waals surface area contributed by atoms with E-state index in [0.29, 0.717) is 23.1 Å². The van der Waals surface area contributed by atoms with Gasteiger partial charge in [0.1, 0.15) is 11.0 Å². The molecule has 0 saturated heterocycles. The van der Waals surface area contributed by atoms with Crippen LogP contribution in [0.2, 0.25) is 0 Å². The van der Waals surface area contributed by atoms with Crippen molar-refractivity contribution in [2.24, 2.45) is 11.1 Å². The summed E-state index contributed by atoms with van der Waals surface area (Å²) >= 11 is 0. The van der Waals surface area contributed by atoms with E-state index in [1.165, 1.54) is 26.0 Å². The molecule has 2 atom stereocenters. The maximum absolute atomic E-state index is 13.6. The number of hydrogen-bond donors (Lipinski definition) is 1. The first-order valence-corrected chi connectivity index (χ1v) is 11.3. The van der Waals surface area contributed by atoms with Crippen LogP contribution in [0.5, 0.6) is 0 Å². The predicted octanol–water partition coefficient (Wildman–Crippen LogP) is 5.86. The number of halogens is 3. The first-order valence-electron chi connectivity index (χ1n) is 9.89. The second-order valence-corrected chi connectivity index (χ2v) is 9.19. The second-order valence-electron chi connectivity index (χ2n) is 7.73. The van der Waals surface area contributed by atoms with Gasteiger partial charge in [-0.2, -0.15) is 21.6 Å². The van der Waals surface area contributed by atoms with Gasteiger partial charge in [0.05, 0.1) is 0 Å². The van der Waals surface area contributed by atoms with Gasteiger partial charge in [0.25, 0.3) is 0 Å². The monoisotopic (exact) mass is 473 g/mol. The molecule has 0 heterocycles. The molecule has 0 bridgehead atoms. The van der Waals surface area contributed by atoms with Crippen LogP contribution in [-0.4, -0.2) is 25.6 Å². The SMILES string of the molecule is CCC(C)C(OO)c1ccc(/C(=N\OS(=O)(=O)c2c(C)cc(C)cc2C)C(F)(F)F)cc1. The lowest BCUT2D eigenvalue weighted by Crippen LogP contribution is -2.25. The molecule has 0 radical (unpaired) electrons. The number of benzene rings is 2. The van der Waals surface area contributed by atoms with Crippen LogP contribution < -0.4 is 0 Å². The van der Waals surface area contributed by atoms with E-state index in [-0.39, 0.29) is 10.8 Å². The van der Waals surface area contributed by atoms with Crippen LogP contribution in [0.25, 0.3) is 0 Å². The zero-order valence-corrected chi connectivity index (χ0v) is 19.2. The minimum absolute atomic E-state index is 0.0870. The smallest absolute Gasteiger partial charge is 0.264 e. The first-order chi connectivity index (χ1) is 14.8. The van der Waals surface area contributed by atoms with Crippen LogP contribution in [0.3, 0.4) is 0 Å². The zero-order chi connectivity index (χ0) is 24.3. The summed E-state index contributed by atoms with van der Waals surface area (Å²) in [7, 11) is -4.58. The maximum Gasteiger partial charge on any atom is 0.437 e. The zero-order valence-electron chi connectivity index (χ0n) is 18.4. The molecule has 0 aliphatic carbocycles. The lowest BCUT2D eigenvalue weighted by Gasteiger charge is -2.20. The van der Waals surface area contributed by atoms with E-state index in [1.807, 2.05) is 13.8 Å². The molecule has 0 saturated carbocycles. The van der Waals surface area contributed by atoms with E-state index in [2.05, 4.69) is 14.3 Å². The summed E-state index contributed by atoms with van der Waals surface area (Å²) in [5.74, 6) is -0.0870. The van der Waals surface area contributed by atoms with Gasteiger partial charge in [-0.15, -0.1) is 0 Å². The van der Waals surface area contributed by atoms with Crippen molar-refractivity contribution in [1.82, 2.24) is 0 Å². The number of hydrogen-bond acceptors (Lipinski definition) is 6. The third kappa shape index (κ3) is 5.87. The Balaban J connectivity index is 2.43. The van der Waals surface area contributed by atoms with Crippen molar-refractivity contribution in [3.05, 3.63) is 64.2 Å². The van der Waals surface area contributed by atoms with Crippen molar-refractivity contribution in [2.45, 2.75) is 58.2 Å². The highest BCUT2D eigenvalue weighted by atomic mass is 32.2. The Morgan fingerprint density at radius 1 is 1.09 bits per heavy atom. The summed E-state index contributed by atoms with van der Waals surface area (Å²) < 4.78 is 70.6. The van der Waals surface area contributed by atoms with Crippen LogP contribution in [0.1, 0.15) is 54.2 Å². The molecule has 2 aromatic carbocycles. The van der Waals surface area contributed by atoms with Crippen molar-refractivity contribution < 1.29 is 36.0 Å². The first kappa shape index (κ1) is 25.8. The standard InChI is InChI=1S/C22H26F3NO5S/c1-6-14(3)19(30-27)17-7-9-18(10-8-17)21(22(23,24)25)26-31-32(28,29)20-15(4)11-13(2)12-16(20)5/h7-12,14,19,27H,6H2,1-5H3/b26-21+. The molecule has 1 N–H and O–H groups in total. The molecule has 10 heteroatoms. The summed E-state index contributed by atoms with van der Waals surface area (Å²) in [6.07, 6.45) is -5.02.